The van der Waals surface area contributed by atoms with Crippen molar-refractivity contribution in [2.24, 2.45) is 16.3 Å². The minimum atomic E-state index is -0.763. The van der Waals surface area contributed by atoms with E-state index in [-0.39, 0.29) is 29.3 Å². The number of ether oxygens (including phenoxy) is 3. The molecule has 1 heterocycles. The highest BCUT2D eigenvalue weighted by atomic mass is 79.9. The molecule has 0 saturated carbocycles. The first kappa shape index (κ1) is 25.4. The predicted octanol–water partition coefficient (Wildman–Crippen LogP) is 4.95. The quantitative estimate of drug-likeness (QED) is 0.384. The third kappa shape index (κ3) is 5.49. The topological polar surface area (TPSA) is 94.4 Å². The van der Waals surface area contributed by atoms with Gasteiger partial charge >= 0.3 is 5.97 Å². The molecule has 180 valence electrons. The molecule has 0 amide bonds. The Morgan fingerprint density at radius 3 is 2.61 bits per heavy atom. The molecule has 0 spiro atoms. The lowest BCUT2D eigenvalue weighted by molar-refractivity contribution is -0.148. The van der Waals surface area contributed by atoms with Crippen LogP contribution in [0, 0.1) is 11.3 Å². The third-order valence-electron chi connectivity index (χ3n) is 5.94. The molecule has 8 heteroatoms. The van der Waals surface area contributed by atoms with Gasteiger partial charge in [-0.25, -0.2) is 0 Å². The van der Waals surface area contributed by atoms with Crippen molar-refractivity contribution in [3.8, 4) is 11.5 Å². The summed E-state index contributed by atoms with van der Waals surface area (Å²) in [4.78, 5) is 31.3. The number of aromatic hydroxyl groups is 1. The second kappa shape index (κ2) is 10.4. The van der Waals surface area contributed by atoms with Gasteiger partial charge in [-0.15, -0.1) is 0 Å². The molecule has 1 aliphatic carbocycles. The smallest absolute Gasteiger partial charge is 0.315 e. The normalized spacial score (nSPS) is 22.0. The average molecular weight is 522 g/mol. The molecule has 0 saturated heterocycles. The molecule has 0 aromatic heterocycles. The van der Waals surface area contributed by atoms with Crippen LogP contribution in [0.25, 0.3) is 0 Å². The van der Waals surface area contributed by atoms with Gasteiger partial charge in [0.15, 0.2) is 17.3 Å². The first-order chi connectivity index (χ1) is 15.6. The number of nitrogens with zero attached hydrogens (tertiary/aromatic N) is 1. The third-order valence-corrected chi connectivity index (χ3v) is 6.55. The minimum Gasteiger partial charge on any atom is -0.503 e. The lowest BCUT2D eigenvalue weighted by Crippen LogP contribution is -2.39. The maximum absolute atomic E-state index is 13.4. The maximum Gasteiger partial charge on any atom is 0.315 e. The zero-order chi connectivity index (χ0) is 24.3. The van der Waals surface area contributed by atoms with E-state index in [1.54, 1.807) is 19.1 Å². The van der Waals surface area contributed by atoms with E-state index in [2.05, 4.69) is 15.9 Å². The molecular formula is C25H32BrNO6. The summed E-state index contributed by atoms with van der Waals surface area (Å²) in [6.07, 6.45) is 1.02. The Bertz CT molecular complexity index is 997. The van der Waals surface area contributed by atoms with Crippen LogP contribution in [0.5, 0.6) is 11.5 Å². The number of phenolic OH excluding ortho intramolecular Hbond substituents is 1. The van der Waals surface area contributed by atoms with E-state index in [0.717, 1.165) is 5.70 Å². The van der Waals surface area contributed by atoms with Gasteiger partial charge in [-0.05, 0) is 66.2 Å². The summed E-state index contributed by atoms with van der Waals surface area (Å²) in [7, 11) is 0. The summed E-state index contributed by atoms with van der Waals surface area (Å²) < 4.78 is 16.9. The number of hydrogen-bond donors (Lipinski definition) is 1. The predicted molar refractivity (Wildman–Crippen MR) is 129 cm³/mol. The van der Waals surface area contributed by atoms with E-state index in [1.165, 1.54) is 0 Å². The lowest BCUT2D eigenvalue weighted by Gasteiger charge is -2.39. The number of allylic oxidation sites excluding steroid dienone is 2. The van der Waals surface area contributed by atoms with Gasteiger partial charge in [0, 0.05) is 35.9 Å². The fourth-order valence-corrected chi connectivity index (χ4v) is 5.04. The number of carbonyl (C=O) groups is 2. The Balaban J connectivity index is 2.11. The molecular weight excluding hydrogens is 490 g/mol. The Hall–Kier alpha value is -2.19. The Morgan fingerprint density at radius 2 is 1.94 bits per heavy atom. The van der Waals surface area contributed by atoms with Crippen molar-refractivity contribution in [1.29, 1.82) is 0 Å². The average Bonchev–Trinajstić information content (AvgIpc) is 2.72. The number of benzene rings is 1. The molecule has 2 aliphatic rings. The fourth-order valence-electron chi connectivity index (χ4n) is 4.58. The second-order valence-electron chi connectivity index (χ2n) is 9.16. The van der Waals surface area contributed by atoms with Crippen molar-refractivity contribution >= 4 is 33.4 Å². The molecule has 3 rings (SSSR count). The number of halogens is 1. The number of carbonyl (C=O) groups excluding carboxylic acids is 2. The second-order valence-corrected chi connectivity index (χ2v) is 10.0. The molecule has 1 aromatic rings. The van der Waals surface area contributed by atoms with Crippen molar-refractivity contribution in [3.05, 3.63) is 33.4 Å². The minimum absolute atomic E-state index is 0.0169. The van der Waals surface area contributed by atoms with E-state index in [9.17, 15) is 14.7 Å². The van der Waals surface area contributed by atoms with E-state index in [0.29, 0.717) is 54.0 Å². The van der Waals surface area contributed by atoms with Crippen LogP contribution in [0.3, 0.4) is 0 Å². The number of esters is 1. The molecule has 0 fully saturated rings. The summed E-state index contributed by atoms with van der Waals surface area (Å²) in [5.41, 5.74) is 2.35. The number of hydrogen-bond acceptors (Lipinski definition) is 7. The van der Waals surface area contributed by atoms with Crippen LogP contribution in [0.4, 0.5) is 0 Å². The molecule has 7 nitrogen and oxygen atoms in total. The fraction of sp³-hybridized carbons (Fsp3) is 0.560. The van der Waals surface area contributed by atoms with Crippen LogP contribution >= 0.6 is 15.9 Å². The maximum atomic E-state index is 13.4. The van der Waals surface area contributed by atoms with Crippen LogP contribution < -0.4 is 4.74 Å². The SMILES string of the molecule is CCOCCOC(=O)C1C(C)=NC2=C(C(=O)CC(C)(C)C2)[C@H]1c1cc(Br)c(O)c(OCC)c1. The summed E-state index contributed by atoms with van der Waals surface area (Å²) in [6, 6.07) is 3.43. The van der Waals surface area contributed by atoms with Crippen LogP contribution in [0.2, 0.25) is 0 Å². The van der Waals surface area contributed by atoms with Gasteiger partial charge < -0.3 is 19.3 Å². The summed E-state index contributed by atoms with van der Waals surface area (Å²) >= 11 is 3.39. The summed E-state index contributed by atoms with van der Waals surface area (Å²) in [5.74, 6) is -1.55. The number of Topliss-reactive ketones (excluding diaryl/α,β-unsaturated/α-hetero) is 1. The van der Waals surface area contributed by atoms with Gasteiger partial charge in [0.2, 0.25) is 0 Å². The van der Waals surface area contributed by atoms with Crippen LogP contribution in [0.1, 0.15) is 58.9 Å². The van der Waals surface area contributed by atoms with Gasteiger partial charge in [0.05, 0.1) is 17.7 Å². The number of aliphatic imine (C=N–C) groups is 1. The van der Waals surface area contributed by atoms with E-state index in [4.69, 9.17) is 19.2 Å². The van der Waals surface area contributed by atoms with Gasteiger partial charge in [-0.1, -0.05) is 13.8 Å². The highest BCUT2D eigenvalue weighted by Crippen LogP contribution is 2.49. The molecule has 1 N–H and O–H groups in total. The zero-order valence-electron chi connectivity index (χ0n) is 19.9. The van der Waals surface area contributed by atoms with Gasteiger partial charge in [-0.3, -0.25) is 14.6 Å². The summed E-state index contributed by atoms with van der Waals surface area (Å²) in [6.45, 7) is 10.9. The van der Waals surface area contributed by atoms with Crippen LogP contribution in [-0.2, 0) is 19.1 Å². The Labute approximate surface area is 203 Å². The van der Waals surface area contributed by atoms with E-state index < -0.39 is 17.8 Å². The van der Waals surface area contributed by atoms with Crippen LogP contribution in [0.15, 0.2) is 32.9 Å². The molecule has 1 aliphatic heterocycles. The van der Waals surface area contributed by atoms with Crippen molar-refractivity contribution in [1.82, 2.24) is 0 Å². The molecule has 0 radical (unpaired) electrons. The Morgan fingerprint density at radius 1 is 1.21 bits per heavy atom. The molecule has 2 atom stereocenters. The van der Waals surface area contributed by atoms with Gasteiger partial charge in [0.1, 0.15) is 12.5 Å². The number of phenols is 1. The monoisotopic (exact) mass is 521 g/mol. The van der Waals surface area contributed by atoms with Crippen molar-refractivity contribution in [2.75, 3.05) is 26.4 Å². The first-order valence-corrected chi connectivity index (χ1v) is 12.1. The van der Waals surface area contributed by atoms with Crippen LogP contribution in [-0.4, -0.2) is 49.0 Å². The highest BCUT2D eigenvalue weighted by molar-refractivity contribution is 9.10. The largest absolute Gasteiger partial charge is 0.503 e. The van der Waals surface area contributed by atoms with Crippen molar-refractivity contribution in [3.63, 3.8) is 0 Å². The van der Waals surface area contributed by atoms with Gasteiger partial charge in [-0.2, -0.15) is 0 Å². The standard InChI is InChI=1S/C25H32BrNO6/c1-6-31-8-9-33-24(30)20-14(3)27-17-12-25(4,5)13-18(28)22(17)21(20)15-10-16(26)23(29)19(11-15)32-7-2/h10-11,20-21,29H,6-9,12-13H2,1-5H3/t20?,21-/m0/s1. The summed E-state index contributed by atoms with van der Waals surface area (Å²) in [5, 5.41) is 10.4. The number of rotatable bonds is 8. The molecule has 1 aromatic carbocycles. The zero-order valence-corrected chi connectivity index (χ0v) is 21.5. The van der Waals surface area contributed by atoms with Gasteiger partial charge in [0.25, 0.3) is 0 Å². The van der Waals surface area contributed by atoms with E-state index >= 15 is 0 Å². The number of ketones is 1. The first-order valence-electron chi connectivity index (χ1n) is 11.3. The lowest BCUT2D eigenvalue weighted by atomic mass is 9.67. The highest BCUT2D eigenvalue weighted by Gasteiger charge is 2.46. The van der Waals surface area contributed by atoms with Crippen molar-refractivity contribution < 1.29 is 28.9 Å². The molecule has 1 unspecified atom stereocenters. The Kier molecular flexibility index (Phi) is 8.00. The molecule has 0 bridgehead atoms. The van der Waals surface area contributed by atoms with Crippen molar-refractivity contribution in [2.45, 2.75) is 53.4 Å². The molecule has 33 heavy (non-hydrogen) atoms. The van der Waals surface area contributed by atoms with E-state index in [1.807, 2.05) is 27.7 Å².